The van der Waals surface area contributed by atoms with Crippen LogP contribution in [0.2, 0.25) is 0 Å². The molecule has 0 radical (unpaired) electrons. The number of nitrogens with two attached hydrogens (primary N) is 1. The van der Waals surface area contributed by atoms with E-state index in [1.165, 1.54) is 0 Å². The Bertz CT molecular complexity index is 338. The molecule has 3 N–H and O–H groups in total. The van der Waals surface area contributed by atoms with E-state index in [1.807, 2.05) is 24.3 Å². The van der Waals surface area contributed by atoms with Crippen molar-refractivity contribution in [1.82, 2.24) is 0 Å². The Morgan fingerprint density at radius 1 is 1.35 bits per heavy atom. The molecule has 0 bridgehead atoms. The smallest absolute Gasteiger partial charge is 0.0642 e. The van der Waals surface area contributed by atoms with E-state index in [0.717, 1.165) is 16.6 Å². The van der Waals surface area contributed by atoms with Gasteiger partial charge in [0.15, 0.2) is 0 Å². The minimum Gasteiger partial charge on any atom is -0.381 e. The zero-order valence-corrected chi connectivity index (χ0v) is 12.3. The third-order valence-corrected chi connectivity index (χ3v) is 3.32. The van der Waals surface area contributed by atoms with E-state index in [9.17, 15) is 0 Å². The lowest BCUT2D eigenvalue weighted by Gasteiger charge is -2.29. The number of methoxy groups -OCH3 is 1. The third-order valence-electron chi connectivity index (χ3n) is 2.79. The first kappa shape index (κ1) is 14.5. The fourth-order valence-electron chi connectivity index (χ4n) is 1.65. The van der Waals surface area contributed by atoms with Gasteiger partial charge in [-0.1, -0.05) is 15.9 Å². The first-order valence-corrected chi connectivity index (χ1v) is 6.53. The topological polar surface area (TPSA) is 47.3 Å². The summed E-state index contributed by atoms with van der Waals surface area (Å²) in [6, 6.07) is 8.31. The van der Waals surface area contributed by atoms with Gasteiger partial charge in [-0.2, -0.15) is 0 Å². The third kappa shape index (κ3) is 5.06. The molecule has 4 heteroatoms. The van der Waals surface area contributed by atoms with E-state index in [4.69, 9.17) is 10.5 Å². The first-order valence-electron chi connectivity index (χ1n) is 5.74. The van der Waals surface area contributed by atoms with Crippen LogP contribution in [0.15, 0.2) is 28.7 Å². The molecule has 0 aromatic heterocycles. The SMILES string of the molecule is COC(C)(C)CC(CN)Nc1ccc(Br)cc1. The predicted octanol–water partition coefficient (Wildman–Crippen LogP) is 3.00. The van der Waals surface area contributed by atoms with Gasteiger partial charge in [-0.15, -0.1) is 0 Å². The molecule has 3 nitrogen and oxygen atoms in total. The second kappa shape index (κ2) is 6.38. The average molecular weight is 301 g/mol. The lowest BCUT2D eigenvalue weighted by molar-refractivity contribution is 0.0122. The Hall–Kier alpha value is -0.580. The molecule has 1 aromatic rings. The standard InChI is InChI=1S/C13H21BrN2O/c1-13(2,17-3)8-12(9-15)16-11-6-4-10(14)5-7-11/h4-7,12,16H,8-9,15H2,1-3H3. The van der Waals surface area contributed by atoms with Crippen molar-refractivity contribution in [2.75, 3.05) is 19.0 Å². The van der Waals surface area contributed by atoms with E-state index in [-0.39, 0.29) is 11.6 Å². The first-order chi connectivity index (χ1) is 7.96. The van der Waals surface area contributed by atoms with Crippen LogP contribution in [-0.4, -0.2) is 25.3 Å². The van der Waals surface area contributed by atoms with Crippen LogP contribution in [0.5, 0.6) is 0 Å². The van der Waals surface area contributed by atoms with E-state index in [0.29, 0.717) is 6.54 Å². The van der Waals surface area contributed by atoms with Gasteiger partial charge < -0.3 is 15.8 Å². The molecule has 0 saturated carbocycles. The lowest BCUT2D eigenvalue weighted by Crippen LogP contribution is -2.37. The normalized spacial score (nSPS) is 13.5. The van der Waals surface area contributed by atoms with Crippen LogP contribution >= 0.6 is 15.9 Å². The summed E-state index contributed by atoms with van der Waals surface area (Å²) in [7, 11) is 1.73. The number of ether oxygens (including phenoxy) is 1. The average Bonchev–Trinajstić information content (AvgIpc) is 2.31. The summed E-state index contributed by atoms with van der Waals surface area (Å²) in [5, 5.41) is 3.42. The summed E-state index contributed by atoms with van der Waals surface area (Å²) >= 11 is 3.42. The monoisotopic (exact) mass is 300 g/mol. The highest BCUT2D eigenvalue weighted by Crippen LogP contribution is 2.19. The number of rotatable bonds is 6. The van der Waals surface area contributed by atoms with E-state index in [2.05, 4.69) is 35.1 Å². The van der Waals surface area contributed by atoms with Gasteiger partial charge in [0.1, 0.15) is 0 Å². The number of hydrogen-bond acceptors (Lipinski definition) is 3. The molecule has 0 fully saturated rings. The molecule has 1 rings (SSSR count). The van der Waals surface area contributed by atoms with Crippen molar-refractivity contribution >= 4 is 21.6 Å². The molecule has 96 valence electrons. The summed E-state index contributed by atoms with van der Waals surface area (Å²) in [6.07, 6.45) is 0.871. The Labute approximate surface area is 112 Å². The molecular weight excluding hydrogens is 280 g/mol. The molecule has 1 unspecified atom stereocenters. The van der Waals surface area contributed by atoms with E-state index < -0.39 is 0 Å². The number of benzene rings is 1. The van der Waals surface area contributed by atoms with Crippen molar-refractivity contribution in [3.05, 3.63) is 28.7 Å². The molecule has 0 aliphatic carbocycles. The van der Waals surface area contributed by atoms with Crippen LogP contribution in [0.4, 0.5) is 5.69 Å². The maximum atomic E-state index is 5.79. The van der Waals surface area contributed by atoms with Gasteiger partial charge in [0.05, 0.1) is 5.60 Å². The maximum Gasteiger partial charge on any atom is 0.0642 e. The zero-order valence-electron chi connectivity index (χ0n) is 10.7. The molecule has 1 atom stereocenters. The van der Waals surface area contributed by atoms with Gasteiger partial charge in [-0.05, 0) is 44.5 Å². The minimum atomic E-state index is -0.160. The Balaban J connectivity index is 2.61. The van der Waals surface area contributed by atoms with Gasteiger partial charge in [-0.25, -0.2) is 0 Å². The quantitative estimate of drug-likeness (QED) is 0.849. The van der Waals surface area contributed by atoms with Crippen molar-refractivity contribution in [2.45, 2.75) is 31.9 Å². The molecule has 0 amide bonds. The number of hydrogen-bond donors (Lipinski definition) is 2. The van der Waals surface area contributed by atoms with Crippen molar-refractivity contribution < 1.29 is 4.74 Å². The molecule has 17 heavy (non-hydrogen) atoms. The fourth-order valence-corrected chi connectivity index (χ4v) is 1.92. The second-order valence-electron chi connectivity index (χ2n) is 4.75. The molecule has 0 aliphatic heterocycles. The summed E-state index contributed by atoms with van der Waals surface area (Å²) in [4.78, 5) is 0. The van der Waals surface area contributed by atoms with E-state index in [1.54, 1.807) is 7.11 Å². The van der Waals surface area contributed by atoms with Crippen LogP contribution in [0.25, 0.3) is 0 Å². The molecular formula is C13H21BrN2O. The van der Waals surface area contributed by atoms with Gasteiger partial charge in [0, 0.05) is 29.9 Å². The van der Waals surface area contributed by atoms with Gasteiger partial charge >= 0.3 is 0 Å². The number of anilines is 1. The summed E-state index contributed by atoms with van der Waals surface area (Å²) < 4.78 is 6.50. The largest absolute Gasteiger partial charge is 0.381 e. The van der Waals surface area contributed by atoms with Crippen molar-refractivity contribution in [3.8, 4) is 0 Å². The van der Waals surface area contributed by atoms with Crippen LogP contribution in [0, 0.1) is 0 Å². The van der Waals surface area contributed by atoms with Crippen LogP contribution < -0.4 is 11.1 Å². The van der Waals surface area contributed by atoms with Crippen LogP contribution in [0.1, 0.15) is 20.3 Å². The van der Waals surface area contributed by atoms with Gasteiger partial charge in [-0.3, -0.25) is 0 Å². The highest BCUT2D eigenvalue weighted by atomic mass is 79.9. The highest BCUT2D eigenvalue weighted by molar-refractivity contribution is 9.10. The Morgan fingerprint density at radius 3 is 2.41 bits per heavy atom. The van der Waals surface area contributed by atoms with Crippen LogP contribution in [-0.2, 0) is 4.74 Å². The van der Waals surface area contributed by atoms with E-state index >= 15 is 0 Å². The molecule has 0 heterocycles. The van der Waals surface area contributed by atoms with Crippen molar-refractivity contribution in [1.29, 1.82) is 0 Å². The summed E-state index contributed by atoms with van der Waals surface area (Å²) in [6.45, 7) is 4.72. The number of nitrogens with one attached hydrogen (secondary N) is 1. The lowest BCUT2D eigenvalue weighted by atomic mass is 9.98. The van der Waals surface area contributed by atoms with Crippen molar-refractivity contribution in [2.24, 2.45) is 5.73 Å². The summed E-state index contributed by atoms with van der Waals surface area (Å²) in [5.41, 5.74) is 6.70. The summed E-state index contributed by atoms with van der Waals surface area (Å²) in [5.74, 6) is 0. The maximum absolute atomic E-state index is 5.79. The minimum absolute atomic E-state index is 0.160. The van der Waals surface area contributed by atoms with Crippen LogP contribution in [0.3, 0.4) is 0 Å². The molecule has 0 saturated heterocycles. The predicted molar refractivity (Wildman–Crippen MR) is 76.3 cm³/mol. The number of halogens is 1. The Kier molecular flexibility index (Phi) is 5.43. The molecule has 0 aliphatic rings. The highest BCUT2D eigenvalue weighted by Gasteiger charge is 2.21. The van der Waals surface area contributed by atoms with Gasteiger partial charge in [0.2, 0.25) is 0 Å². The molecule has 0 spiro atoms. The molecule has 1 aromatic carbocycles. The fraction of sp³-hybridized carbons (Fsp3) is 0.538. The van der Waals surface area contributed by atoms with Gasteiger partial charge in [0.25, 0.3) is 0 Å². The second-order valence-corrected chi connectivity index (χ2v) is 5.67. The zero-order chi connectivity index (χ0) is 12.9. The van der Waals surface area contributed by atoms with Crippen molar-refractivity contribution in [3.63, 3.8) is 0 Å². The Morgan fingerprint density at radius 2 is 1.94 bits per heavy atom.